The second-order valence-electron chi connectivity index (χ2n) is 4.00. The number of carboxylic acids is 1. The Labute approximate surface area is 93.5 Å². The van der Waals surface area contributed by atoms with Gasteiger partial charge in [0, 0.05) is 25.5 Å². The number of aliphatic carboxylic acids is 1. The molecule has 5 heteroatoms. The van der Waals surface area contributed by atoms with Gasteiger partial charge < -0.3 is 15.2 Å². The molecule has 0 aliphatic carbocycles. The Morgan fingerprint density at radius 3 is 2.69 bits per heavy atom. The maximum absolute atomic E-state index is 10.7. The number of carbonyl (C=O) groups is 1. The first-order valence-electron chi connectivity index (χ1n) is 5.16. The van der Waals surface area contributed by atoms with Gasteiger partial charge in [-0.1, -0.05) is 0 Å². The smallest absolute Gasteiger partial charge is 0.306 e. The fraction of sp³-hybridized carbons (Fsp3) is 0.455. The average molecular weight is 222 g/mol. The van der Waals surface area contributed by atoms with E-state index < -0.39 is 11.6 Å². The zero-order valence-electron chi connectivity index (χ0n) is 8.85. The molecule has 1 aliphatic heterocycles. The molecule has 0 atom stereocenters. The SMILES string of the molecule is O=C(O)CC1(OCc2ccncc2)CNC1. The lowest BCUT2D eigenvalue weighted by Gasteiger charge is -2.41. The van der Waals surface area contributed by atoms with Crippen LogP contribution in [0, 0.1) is 0 Å². The van der Waals surface area contributed by atoms with Gasteiger partial charge in [0.1, 0.15) is 5.60 Å². The summed E-state index contributed by atoms with van der Waals surface area (Å²) in [5, 5.41) is 11.8. The van der Waals surface area contributed by atoms with Crippen LogP contribution in [0.3, 0.4) is 0 Å². The van der Waals surface area contributed by atoms with Crippen molar-refractivity contribution in [2.24, 2.45) is 0 Å². The van der Waals surface area contributed by atoms with Gasteiger partial charge in [0.05, 0.1) is 13.0 Å². The number of rotatable bonds is 5. The molecular formula is C11H14N2O3. The van der Waals surface area contributed by atoms with Crippen molar-refractivity contribution in [1.29, 1.82) is 0 Å². The Hall–Kier alpha value is -1.46. The van der Waals surface area contributed by atoms with Gasteiger partial charge in [0.25, 0.3) is 0 Å². The molecule has 0 saturated carbocycles. The predicted molar refractivity (Wildman–Crippen MR) is 56.9 cm³/mol. The fourth-order valence-corrected chi connectivity index (χ4v) is 1.67. The van der Waals surface area contributed by atoms with E-state index in [0.29, 0.717) is 19.7 Å². The van der Waals surface area contributed by atoms with Crippen molar-refractivity contribution in [3.8, 4) is 0 Å². The minimum Gasteiger partial charge on any atom is -0.481 e. The highest BCUT2D eigenvalue weighted by Gasteiger charge is 2.40. The molecule has 0 bridgehead atoms. The standard InChI is InChI=1S/C11H14N2O3/c14-10(15)5-11(7-13-8-11)16-6-9-1-3-12-4-2-9/h1-4,13H,5-8H2,(H,14,15). The molecule has 0 aromatic carbocycles. The highest BCUT2D eigenvalue weighted by Crippen LogP contribution is 2.22. The number of pyridine rings is 1. The maximum Gasteiger partial charge on any atom is 0.306 e. The lowest BCUT2D eigenvalue weighted by atomic mass is 9.92. The van der Waals surface area contributed by atoms with Gasteiger partial charge in [-0.15, -0.1) is 0 Å². The molecule has 16 heavy (non-hydrogen) atoms. The molecule has 0 spiro atoms. The van der Waals surface area contributed by atoms with Gasteiger partial charge in [-0.25, -0.2) is 0 Å². The number of hydrogen-bond donors (Lipinski definition) is 2. The number of hydrogen-bond acceptors (Lipinski definition) is 4. The summed E-state index contributed by atoms with van der Waals surface area (Å²) in [6, 6.07) is 3.72. The quantitative estimate of drug-likeness (QED) is 0.755. The first kappa shape index (κ1) is 11.0. The molecule has 2 rings (SSSR count). The van der Waals surface area contributed by atoms with Crippen LogP contribution in [0.2, 0.25) is 0 Å². The van der Waals surface area contributed by atoms with Crippen LogP contribution in [-0.2, 0) is 16.1 Å². The van der Waals surface area contributed by atoms with Crippen molar-refractivity contribution in [2.75, 3.05) is 13.1 Å². The number of nitrogens with one attached hydrogen (secondary N) is 1. The third-order valence-corrected chi connectivity index (χ3v) is 2.66. The molecule has 2 heterocycles. The zero-order valence-corrected chi connectivity index (χ0v) is 8.85. The summed E-state index contributed by atoms with van der Waals surface area (Å²) in [6.07, 6.45) is 3.44. The number of nitrogens with zero attached hydrogens (tertiary/aromatic N) is 1. The van der Waals surface area contributed by atoms with E-state index in [1.54, 1.807) is 12.4 Å². The van der Waals surface area contributed by atoms with Crippen molar-refractivity contribution in [1.82, 2.24) is 10.3 Å². The monoisotopic (exact) mass is 222 g/mol. The first-order valence-corrected chi connectivity index (χ1v) is 5.16. The van der Waals surface area contributed by atoms with Gasteiger partial charge in [-0.3, -0.25) is 9.78 Å². The van der Waals surface area contributed by atoms with E-state index in [0.717, 1.165) is 5.56 Å². The number of carboxylic acid groups (broad SMARTS) is 1. The summed E-state index contributed by atoms with van der Waals surface area (Å²) in [5.74, 6) is -0.823. The highest BCUT2D eigenvalue weighted by molar-refractivity contribution is 5.68. The van der Waals surface area contributed by atoms with Crippen molar-refractivity contribution >= 4 is 5.97 Å². The van der Waals surface area contributed by atoms with Crippen LogP contribution in [0.25, 0.3) is 0 Å². The Morgan fingerprint density at radius 1 is 1.50 bits per heavy atom. The maximum atomic E-state index is 10.7. The molecule has 5 nitrogen and oxygen atoms in total. The first-order chi connectivity index (χ1) is 7.70. The van der Waals surface area contributed by atoms with E-state index in [4.69, 9.17) is 9.84 Å². The highest BCUT2D eigenvalue weighted by atomic mass is 16.5. The molecule has 0 radical (unpaired) electrons. The predicted octanol–water partition coefficient (Wildman–Crippen LogP) is 0.415. The van der Waals surface area contributed by atoms with E-state index >= 15 is 0 Å². The molecular weight excluding hydrogens is 208 g/mol. The van der Waals surface area contributed by atoms with E-state index in [1.807, 2.05) is 12.1 Å². The molecule has 0 amide bonds. The molecule has 1 aromatic heterocycles. The summed E-state index contributed by atoms with van der Waals surface area (Å²) >= 11 is 0. The lowest BCUT2D eigenvalue weighted by Crippen LogP contribution is -2.61. The van der Waals surface area contributed by atoms with Crippen LogP contribution in [-0.4, -0.2) is 34.8 Å². The van der Waals surface area contributed by atoms with Gasteiger partial charge >= 0.3 is 5.97 Å². The Morgan fingerprint density at radius 2 is 2.19 bits per heavy atom. The lowest BCUT2D eigenvalue weighted by molar-refractivity contribution is -0.152. The van der Waals surface area contributed by atoms with Gasteiger partial charge in [0.15, 0.2) is 0 Å². The van der Waals surface area contributed by atoms with Crippen LogP contribution in [0.1, 0.15) is 12.0 Å². The molecule has 1 saturated heterocycles. The normalized spacial score (nSPS) is 17.8. The number of aromatic nitrogens is 1. The van der Waals surface area contributed by atoms with Crippen molar-refractivity contribution < 1.29 is 14.6 Å². The molecule has 86 valence electrons. The summed E-state index contributed by atoms with van der Waals surface area (Å²) in [6.45, 7) is 1.63. The minimum atomic E-state index is -0.823. The summed E-state index contributed by atoms with van der Waals surface area (Å²) in [4.78, 5) is 14.6. The summed E-state index contributed by atoms with van der Waals surface area (Å²) in [7, 11) is 0. The van der Waals surface area contributed by atoms with Gasteiger partial charge in [-0.2, -0.15) is 0 Å². The Kier molecular flexibility index (Phi) is 3.17. The van der Waals surface area contributed by atoms with Crippen LogP contribution >= 0.6 is 0 Å². The topological polar surface area (TPSA) is 71.5 Å². The van der Waals surface area contributed by atoms with Crippen LogP contribution < -0.4 is 5.32 Å². The van der Waals surface area contributed by atoms with Crippen molar-refractivity contribution in [3.05, 3.63) is 30.1 Å². The van der Waals surface area contributed by atoms with Gasteiger partial charge in [0.2, 0.25) is 0 Å². The average Bonchev–Trinajstić information content (AvgIpc) is 2.23. The van der Waals surface area contributed by atoms with Crippen LogP contribution in [0.4, 0.5) is 0 Å². The third kappa shape index (κ3) is 2.56. The summed E-state index contributed by atoms with van der Waals surface area (Å²) in [5.41, 5.74) is 0.474. The second-order valence-corrected chi connectivity index (χ2v) is 4.00. The van der Waals surface area contributed by atoms with Crippen molar-refractivity contribution in [3.63, 3.8) is 0 Å². The zero-order chi connectivity index (χ0) is 11.4. The molecule has 1 aliphatic rings. The van der Waals surface area contributed by atoms with E-state index in [9.17, 15) is 4.79 Å². The fourth-order valence-electron chi connectivity index (χ4n) is 1.67. The van der Waals surface area contributed by atoms with Crippen LogP contribution in [0.5, 0.6) is 0 Å². The summed E-state index contributed by atoms with van der Waals surface area (Å²) < 4.78 is 5.69. The molecule has 1 fully saturated rings. The van der Waals surface area contributed by atoms with E-state index in [2.05, 4.69) is 10.3 Å². The van der Waals surface area contributed by atoms with E-state index in [-0.39, 0.29) is 6.42 Å². The Balaban J connectivity index is 1.90. The van der Waals surface area contributed by atoms with E-state index in [1.165, 1.54) is 0 Å². The second kappa shape index (κ2) is 4.59. The largest absolute Gasteiger partial charge is 0.481 e. The minimum absolute atomic E-state index is 0.0467. The molecule has 2 N–H and O–H groups in total. The third-order valence-electron chi connectivity index (χ3n) is 2.66. The number of ether oxygens (including phenoxy) is 1. The van der Waals surface area contributed by atoms with Crippen molar-refractivity contribution in [2.45, 2.75) is 18.6 Å². The molecule has 0 unspecified atom stereocenters. The van der Waals surface area contributed by atoms with Crippen LogP contribution in [0.15, 0.2) is 24.5 Å². The van der Waals surface area contributed by atoms with Gasteiger partial charge in [-0.05, 0) is 17.7 Å². The molecule has 1 aromatic rings. The Bertz CT molecular complexity index is 363.